The molecular weight excluding hydrogens is 240 g/mol. The van der Waals surface area contributed by atoms with Gasteiger partial charge in [0.2, 0.25) is 5.91 Å². The Labute approximate surface area is 114 Å². The zero-order chi connectivity index (χ0) is 13.7. The van der Waals surface area contributed by atoms with E-state index in [1.165, 1.54) is 11.1 Å². The van der Waals surface area contributed by atoms with E-state index in [1.807, 2.05) is 11.0 Å². The topological polar surface area (TPSA) is 55.6 Å². The molecule has 1 saturated heterocycles. The minimum absolute atomic E-state index is 0.0745. The number of hydrogen-bond donors (Lipinski definition) is 1. The van der Waals surface area contributed by atoms with Crippen LogP contribution in [0.15, 0.2) is 24.3 Å². The number of aryl methyl sites for hydroxylation is 1. The smallest absolute Gasteiger partial charge is 0.248 e. The highest BCUT2D eigenvalue weighted by Crippen LogP contribution is 2.15. The summed E-state index contributed by atoms with van der Waals surface area (Å²) >= 11 is 0. The molecule has 2 rings (SSSR count). The summed E-state index contributed by atoms with van der Waals surface area (Å²) < 4.78 is 5.54. The van der Waals surface area contributed by atoms with E-state index in [9.17, 15) is 4.79 Å². The van der Waals surface area contributed by atoms with Crippen molar-refractivity contribution in [2.24, 2.45) is 5.73 Å². The maximum atomic E-state index is 11.9. The number of carbonyl (C=O) groups is 1. The molecule has 4 nitrogen and oxygen atoms in total. The number of ether oxygens (including phenoxy) is 1. The van der Waals surface area contributed by atoms with Gasteiger partial charge in [0.05, 0.1) is 6.10 Å². The Bertz CT molecular complexity index is 434. The second kappa shape index (κ2) is 6.68. The molecule has 1 aliphatic rings. The Morgan fingerprint density at radius 1 is 1.47 bits per heavy atom. The number of nitrogens with two attached hydrogens (primary N) is 1. The molecule has 0 bridgehead atoms. The Balaban J connectivity index is 1.95. The van der Waals surface area contributed by atoms with Gasteiger partial charge < -0.3 is 15.4 Å². The first-order valence-corrected chi connectivity index (χ1v) is 6.84. The van der Waals surface area contributed by atoms with Gasteiger partial charge in [0.1, 0.15) is 6.61 Å². The van der Waals surface area contributed by atoms with Gasteiger partial charge in [-0.2, -0.15) is 0 Å². The molecule has 1 heterocycles. The maximum absolute atomic E-state index is 11.9. The zero-order valence-electron chi connectivity index (χ0n) is 11.5. The van der Waals surface area contributed by atoms with Gasteiger partial charge in [-0.25, -0.2) is 0 Å². The second-order valence-electron chi connectivity index (χ2n) is 5.13. The van der Waals surface area contributed by atoms with Crippen molar-refractivity contribution < 1.29 is 9.53 Å². The first kappa shape index (κ1) is 14.0. The monoisotopic (exact) mass is 262 g/mol. The van der Waals surface area contributed by atoms with E-state index in [2.05, 4.69) is 25.1 Å². The number of rotatable bonds is 5. The van der Waals surface area contributed by atoms with Crippen molar-refractivity contribution in [2.45, 2.75) is 32.4 Å². The molecule has 1 unspecified atom stereocenters. The predicted molar refractivity (Wildman–Crippen MR) is 74.6 cm³/mol. The van der Waals surface area contributed by atoms with Gasteiger partial charge in [-0.05, 0) is 31.9 Å². The lowest BCUT2D eigenvalue weighted by atomic mass is 10.1. The lowest BCUT2D eigenvalue weighted by molar-refractivity contribution is -0.150. The fourth-order valence-electron chi connectivity index (χ4n) is 2.38. The van der Waals surface area contributed by atoms with E-state index in [1.54, 1.807) is 0 Å². The summed E-state index contributed by atoms with van der Waals surface area (Å²) in [6, 6.07) is 8.28. The van der Waals surface area contributed by atoms with Crippen LogP contribution in [0, 0.1) is 6.92 Å². The minimum atomic E-state index is 0.0745. The van der Waals surface area contributed by atoms with Crippen LogP contribution in [0.2, 0.25) is 0 Å². The summed E-state index contributed by atoms with van der Waals surface area (Å²) in [5.74, 6) is 0.0745. The van der Waals surface area contributed by atoms with Crippen LogP contribution < -0.4 is 5.73 Å². The third kappa shape index (κ3) is 4.04. The van der Waals surface area contributed by atoms with Crippen molar-refractivity contribution >= 4 is 5.91 Å². The maximum Gasteiger partial charge on any atom is 0.248 e. The molecule has 1 aromatic rings. The molecule has 1 amide bonds. The summed E-state index contributed by atoms with van der Waals surface area (Å²) in [6.07, 6.45) is 2.00. The fraction of sp³-hybridized carbons (Fsp3) is 0.533. The Morgan fingerprint density at radius 3 is 3.05 bits per heavy atom. The second-order valence-corrected chi connectivity index (χ2v) is 5.13. The van der Waals surface area contributed by atoms with Crippen LogP contribution in [0.4, 0.5) is 0 Å². The van der Waals surface area contributed by atoms with Gasteiger partial charge in [-0.15, -0.1) is 0 Å². The summed E-state index contributed by atoms with van der Waals surface area (Å²) in [4.78, 5) is 13.8. The molecule has 104 valence electrons. The summed E-state index contributed by atoms with van der Waals surface area (Å²) in [5.41, 5.74) is 7.91. The van der Waals surface area contributed by atoms with Crippen LogP contribution in [0.25, 0.3) is 0 Å². The van der Waals surface area contributed by atoms with Crippen LogP contribution in [0.3, 0.4) is 0 Å². The highest BCUT2D eigenvalue weighted by molar-refractivity contribution is 5.78. The normalized spacial score (nSPS) is 19.8. The quantitative estimate of drug-likeness (QED) is 0.874. The zero-order valence-corrected chi connectivity index (χ0v) is 11.5. The average Bonchev–Trinajstić information content (AvgIpc) is 2.40. The molecule has 1 aromatic carbocycles. The molecule has 0 saturated carbocycles. The summed E-state index contributed by atoms with van der Waals surface area (Å²) in [5, 5.41) is 0. The number of morpholine rings is 1. The molecule has 1 atom stereocenters. The molecule has 0 aliphatic carbocycles. The van der Waals surface area contributed by atoms with Crippen LogP contribution in [-0.2, 0) is 16.1 Å². The van der Waals surface area contributed by atoms with E-state index < -0.39 is 0 Å². The van der Waals surface area contributed by atoms with Gasteiger partial charge >= 0.3 is 0 Å². The van der Waals surface area contributed by atoms with Crippen LogP contribution in [-0.4, -0.2) is 36.6 Å². The highest BCUT2D eigenvalue weighted by atomic mass is 16.5. The predicted octanol–water partition coefficient (Wildman–Crippen LogP) is 1.46. The lowest BCUT2D eigenvalue weighted by Crippen LogP contribution is -2.46. The molecule has 1 fully saturated rings. The number of carbonyl (C=O) groups excluding carboxylic acids is 1. The lowest BCUT2D eigenvalue weighted by Gasteiger charge is -2.33. The molecule has 0 spiro atoms. The first-order chi connectivity index (χ1) is 9.19. The third-order valence-corrected chi connectivity index (χ3v) is 3.41. The number of benzene rings is 1. The van der Waals surface area contributed by atoms with Crippen molar-refractivity contribution in [1.29, 1.82) is 0 Å². The molecule has 4 heteroatoms. The van der Waals surface area contributed by atoms with Gasteiger partial charge in [-0.1, -0.05) is 29.8 Å². The standard InChI is InChI=1S/C15H22N2O2/c1-12-4-2-5-13(8-12)9-17-10-14(6-3-7-16)19-11-15(17)18/h2,4-5,8,14H,3,6-7,9-11,16H2,1H3. The van der Waals surface area contributed by atoms with Crippen LogP contribution in [0.5, 0.6) is 0 Å². The Kier molecular flexibility index (Phi) is 4.93. The molecule has 0 aromatic heterocycles. The molecule has 19 heavy (non-hydrogen) atoms. The van der Waals surface area contributed by atoms with Crippen molar-refractivity contribution in [3.8, 4) is 0 Å². The van der Waals surface area contributed by atoms with E-state index >= 15 is 0 Å². The SMILES string of the molecule is Cc1cccc(CN2CC(CCCN)OCC2=O)c1. The highest BCUT2D eigenvalue weighted by Gasteiger charge is 2.25. The van der Waals surface area contributed by atoms with Crippen molar-refractivity contribution in [3.63, 3.8) is 0 Å². The van der Waals surface area contributed by atoms with Crippen molar-refractivity contribution in [3.05, 3.63) is 35.4 Å². The first-order valence-electron chi connectivity index (χ1n) is 6.84. The number of nitrogens with zero attached hydrogens (tertiary/aromatic N) is 1. The van der Waals surface area contributed by atoms with Crippen LogP contribution >= 0.6 is 0 Å². The molecule has 1 aliphatic heterocycles. The number of hydrogen-bond acceptors (Lipinski definition) is 3. The van der Waals surface area contributed by atoms with Gasteiger partial charge in [-0.3, -0.25) is 4.79 Å². The Morgan fingerprint density at radius 2 is 2.32 bits per heavy atom. The van der Waals surface area contributed by atoms with E-state index in [0.717, 1.165) is 12.8 Å². The van der Waals surface area contributed by atoms with E-state index in [4.69, 9.17) is 10.5 Å². The Hall–Kier alpha value is -1.39. The van der Waals surface area contributed by atoms with Crippen LogP contribution in [0.1, 0.15) is 24.0 Å². The van der Waals surface area contributed by atoms with Gasteiger partial charge in [0.15, 0.2) is 0 Å². The minimum Gasteiger partial charge on any atom is -0.367 e. The van der Waals surface area contributed by atoms with E-state index in [-0.39, 0.29) is 18.6 Å². The van der Waals surface area contributed by atoms with Gasteiger partial charge in [0.25, 0.3) is 0 Å². The molecule has 0 radical (unpaired) electrons. The number of amides is 1. The van der Waals surface area contributed by atoms with Crippen molar-refractivity contribution in [1.82, 2.24) is 4.90 Å². The third-order valence-electron chi connectivity index (χ3n) is 3.41. The molecule has 2 N–H and O–H groups in total. The van der Waals surface area contributed by atoms with E-state index in [0.29, 0.717) is 19.6 Å². The largest absolute Gasteiger partial charge is 0.367 e. The fourth-order valence-corrected chi connectivity index (χ4v) is 2.38. The van der Waals surface area contributed by atoms with Gasteiger partial charge in [0, 0.05) is 13.1 Å². The van der Waals surface area contributed by atoms with Crippen molar-refractivity contribution in [2.75, 3.05) is 19.7 Å². The average molecular weight is 262 g/mol. The summed E-state index contributed by atoms with van der Waals surface area (Å²) in [7, 11) is 0. The summed E-state index contributed by atoms with van der Waals surface area (Å²) in [6.45, 7) is 4.28. The molecular formula is C15H22N2O2.